The minimum Gasteiger partial charge on any atom is -0.478 e. The number of hydrogen-bond donors (Lipinski definition) is 1. The molecule has 0 unspecified atom stereocenters. The van der Waals surface area contributed by atoms with E-state index in [0.717, 1.165) is 10.9 Å². The van der Waals surface area contributed by atoms with Crippen LogP contribution in [-0.2, 0) is 5.54 Å². The van der Waals surface area contributed by atoms with Crippen molar-refractivity contribution in [2.45, 2.75) is 26.3 Å². The minimum absolute atomic E-state index is 0.0428. The van der Waals surface area contributed by atoms with Crippen molar-refractivity contribution in [3.63, 3.8) is 0 Å². The molecule has 1 aromatic heterocycles. The monoisotopic (exact) mass is 217 g/mol. The predicted molar refractivity (Wildman–Crippen MR) is 63.9 cm³/mol. The predicted octanol–water partition coefficient (Wildman–Crippen LogP) is 3.09. The minimum atomic E-state index is -0.886. The maximum absolute atomic E-state index is 10.9. The largest absolute Gasteiger partial charge is 0.478 e. The molecule has 84 valence electrons. The van der Waals surface area contributed by atoms with Gasteiger partial charge >= 0.3 is 5.97 Å². The van der Waals surface area contributed by atoms with Crippen molar-refractivity contribution in [3.8, 4) is 0 Å². The van der Waals surface area contributed by atoms with Gasteiger partial charge in [-0.25, -0.2) is 4.79 Å². The molecule has 1 N–H and O–H groups in total. The fourth-order valence-corrected chi connectivity index (χ4v) is 1.85. The second-order valence-electron chi connectivity index (χ2n) is 4.94. The normalized spacial score (nSPS) is 11.9. The van der Waals surface area contributed by atoms with Crippen molar-refractivity contribution >= 4 is 16.9 Å². The van der Waals surface area contributed by atoms with Crippen LogP contribution in [0.1, 0.15) is 31.1 Å². The molecule has 0 bridgehead atoms. The summed E-state index contributed by atoms with van der Waals surface area (Å²) in [6.07, 6.45) is 2.00. The maximum Gasteiger partial charge on any atom is 0.335 e. The average molecular weight is 217 g/mol. The summed E-state index contributed by atoms with van der Waals surface area (Å²) >= 11 is 0. The molecule has 0 saturated carbocycles. The molecule has 0 spiro atoms. The summed E-state index contributed by atoms with van der Waals surface area (Å²) in [6, 6.07) is 7.22. The molecular weight excluding hydrogens is 202 g/mol. The summed E-state index contributed by atoms with van der Waals surface area (Å²) in [6.45, 7) is 6.29. The molecular formula is C13H15NO2. The lowest BCUT2D eigenvalue weighted by Gasteiger charge is -2.22. The second kappa shape index (κ2) is 3.37. The highest BCUT2D eigenvalue weighted by atomic mass is 16.4. The summed E-state index contributed by atoms with van der Waals surface area (Å²) in [4.78, 5) is 10.9. The highest BCUT2D eigenvalue weighted by Crippen LogP contribution is 2.24. The molecule has 0 atom stereocenters. The number of aromatic nitrogens is 1. The van der Waals surface area contributed by atoms with Gasteiger partial charge in [0.05, 0.1) is 5.56 Å². The van der Waals surface area contributed by atoms with E-state index in [0.29, 0.717) is 5.56 Å². The molecule has 0 aliphatic rings. The van der Waals surface area contributed by atoms with Crippen LogP contribution in [0.5, 0.6) is 0 Å². The Hall–Kier alpha value is -1.77. The zero-order valence-corrected chi connectivity index (χ0v) is 9.69. The fraction of sp³-hybridized carbons (Fsp3) is 0.308. The quantitative estimate of drug-likeness (QED) is 0.797. The van der Waals surface area contributed by atoms with E-state index in [1.165, 1.54) is 0 Å². The first-order chi connectivity index (χ1) is 7.39. The lowest BCUT2D eigenvalue weighted by Crippen LogP contribution is -2.20. The van der Waals surface area contributed by atoms with E-state index in [-0.39, 0.29) is 5.54 Å². The first-order valence-electron chi connectivity index (χ1n) is 5.24. The van der Waals surface area contributed by atoms with E-state index in [2.05, 4.69) is 25.3 Å². The molecule has 0 aliphatic heterocycles. The van der Waals surface area contributed by atoms with Crippen LogP contribution in [0.2, 0.25) is 0 Å². The Balaban J connectivity index is 2.70. The van der Waals surface area contributed by atoms with Crippen molar-refractivity contribution in [3.05, 3.63) is 36.0 Å². The van der Waals surface area contributed by atoms with E-state index >= 15 is 0 Å². The van der Waals surface area contributed by atoms with E-state index in [1.54, 1.807) is 12.1 Å². The summed E-state index contributed by atoms with van der Waals surface area (Å²) in [5.41, 5.74) is 1.25. The maximum atomic E-state index is 10.9. The Kier molecular flexibility index (Phi) is 2.26. The van der Waals surface area contributed by atoms with Crippen LogP contribution >= 0.6 is 0 Å². The summed E-state index contributed by atoms with van der Waals surface area (Å²) in [5.74, 6) is -0.886. The van der Waals surface area contributed by atoms with Gasteiger partial charge in [0.15, 0.2) is 0 Å². The third-order valence-corrected chi connectivity index (χ3v) is 2.66. The van der Waals surface area contributed by atoms with E-state index in [9.17, 15) is 4.79 Å². The number of aromatic carboxylic acids is 1. The summed E-state index contributed by atoms with van der Waals surface area (Å²) in [5, 5.41) is 10.0. The van der Waals surface area contributed by atoms with Gasteiger partial charge in [-0.15, -0.1) is 0 Å². The van der Waals surface area contributed by atoms with E-state index in [1.807, 2.05) is 18.3 Å². The van der Waals surface area contributed by atoms with Crippen molar-refractivity contribution in [1.29, 1.82) is 0 Å². The molecule has 0 amide bonds. The number of carboxylic acid groups (broad SMARTS) is 1. The Bertz CT molecular complexity index is 547. The van der Waals surface area contributed by atoms with Gasteiger partial charge in [-0.05, 0) is 44.4 Å². The second-order valence-corrected chi connectivity index (χ2v) is 4.94. The lowest BCUT2D eigenvalue weighted by atomic mass is 10.1. The van der Waals surface area contributed by atoms with Crippen LogP contribution in [0, 0.1) is 0 Å². The van der Waals surface area contributed by atoms with Crippen LogP contribution < -0.4 is 0 Å². The molecule has 0 aliphatic carbocycles. The third-order valence-electron chi connectivity index (χ3n) is 2.66. The van der Waals surface area contributed by atoms with Crippen LogP contribution in [0.15, 0.2) is 30.5 Å². The van der Waals surface area contributed by atoms with Gasteiger partial charge in [-0.1, -0.05) is 6.07 Å². The highest BCUT2D eigenvalue weighted by molar-refractivity contribution is 5.93. The molecule has 2 aromatic rings. The molecule has 2 rings (SSSR count). The van der Waals surface area contributed by atoms with Crippen LogP contribution in [-0.4, -0.2) is 15.6 Å². The number of carbonyl (C=O) groups is 1. The molecule has 0 saturated heterocycles. The molecule has 1 heterocycles. The zero-order chi connectivity index (χ0) is 11.9. The van der Waals surface area contributed by atoms with Gasteiger partial charge in [0, 0.05) is 17.3 Å². The Morgan fingerprint density at radius 3 is 2.50 bits per heavy atom. The standard InChI is InChI=1S/C13H15NO2/c1-13(2,3)14-7-6-9-4-5-10(12(15)16)8-11(9)14/h4-8H,1-3H3,(H,15,16). The van der Waals surface area contributed by atoms with Gasteiger partial charge in [0.25, 0.3) is 0 Å². The van der Waals surface area contributed by atoms with Gasteiger partial charge in [0.1, 0.15) is 0 Å². The van der Waals surface area contributed by atoms with Crippen molar-refractivity contribution in [2.75, 3.05) is 0 Å². The third kappa shape index (κ3) is 1.69. The first-order valence-corrected chi connectivity index (χ1v) is 5.24. The van der Waals surface area contributed by atoms with Crippen molar-refractivity contribution < 1.29 is 9.90 Å². The topological polar surface area (TPSA) is 42.2 Å². The van der Waals surface area contributed by atoms with E-state index < -0.39 is 5.97 Å². The van der Waals surface area contributed by atoms with Gasteiger partial charge in [-0.2, -0.15) is 0 Å². The number of hydrogen-bond acceptors (Lipinski definition) is 1. The van der Waals surface area contributed by atoms with Crippen molar-refractivity contribution in [2.24, 2.45) is 0 Å². The van der Waals surface area contributed by atoms with Crippen LogP contribution in [0.25, 0.3) is 10.9 Å². The summed E-state index contributed by atoms with van der Waals surface area (Å²) in [7, 11) is 0. The van der Waals surface area contributed by atoms with Crippen LogP contribution in [0.3, 0.4) is 0 Å². The number of carboxylic acids is 1. The number of nitrogens with zero attached hydrogens (tertiary/aromatic N) is 1. The Morgan fingerprint density at radius 2 is 1.94 bits per heavy atom. The molecule has 3 nitrogen and oxygen atoms in total. The number of benzene rings is 1. The fourth-order valence-electron chi connectivity index (χ4n) is 1.85. The van der Waals surface area contributed by atoms with Gasteiger partial charge in [-0.3, -0.25) is 0 Å². The summed E-state index contributed by atoms with van der Waals surface area (Å²) < 4.78 is 2.09. The first kappa shape index (κ1) is 10.7. The van der Waals surface area contributed by atoms with E-state index in [4.69, 9.17) is 5.11 Å². The smallest absolute Gasteiger partial charge is 0.335 e. The Labute approximate surface area is 94.3 Å². The zero-order valence-electron chi connectivity index (χ0n) is 9.69. The lowest BCUT2D eigenvalue weighted by molar-refractivity contribution is 0.0697. The molecule has 0 fully saturated rings. The molecule has 3 heteroatoms. The van der Waals surface area contributed by atoms with Crippen molar-refractivity contribution in [1.82, 2.24) is 4.57 Å². The van der Waals surface area contributed by atoms with Gasteiger partial charge < -0.3 is 9.67 Å². The number of rotatable bonds is 1. The van der Waals surface area contributed by atoms with Gasteiger partial charge in [0.2, 0.25) is 0 Å². The van der Waals surface area contributed by atoms with Crippen LogP contribution in [0.4, 0.5) is 0 Å². The molecule has 0 radical (unpaired) electrons. The molecule has 1 aromatic carbocycles. The Morgan fingerprint density at radius 1 is 1.25 bits per heavy atom. The SMILES string of the molecule is CC(C)(C)n1ccc2ccc(C(=O)O)cc21. The molecule has 16 heavy (non-hydrogen) atoms. The number of fused-ring (bicyclic) bond motifs is 1. The highest BCUT2D eigenvalue weighted by Gasteiger charge is 2.15. The average Bonchev–Trinajstić information content (AvgIpc) is 2.58.